The molecule has 0 aliphatic rings. The molecule has 3 aromatic rings. The zero-order valence-electron chi connectivity index (χ0n) is 13.2. The number of hydrogen-bond donors (Lipinski definition) is 2. The molecule has 0 spiro atoms. The van der Waals surface area contributed by atoms with Gasteiger partial charge in [0.2, 0.25) is 0 Å². The van der Waals surface area contributed by atoms with Gasteiger partial charge in [-0.15, -0.1) is 0 Å². The quantitative estimate of drug-likeness (QED) is 0.765. The fourth-order valence-corrected chi connectivity index (χ4v) is 2.56. The summed E-state index contributed by atoms with van der Waals surface area (Å²) < 4.78 is 1.12. The highest BCUT2D eigenvalue weighted by Gasteiger charge is 2.10. The van der Waals surface area contributed by atoms with Gasteiger partial charge in [0.25, 0.3) is 11.5 Å². The van der Waals surface area contributed by atoms with Crippen LogP contribution in [0.2, 0.25) is 0 Å². The molecule has 1 heterocycles. The van der Waals surface area contributed by atoms with Crippen LogP contribution in [0.4, 0.5) is 0 Å². The Morgan fingerprint density at radius 3 is 2.58 bits per heavy atom. The van der Waals surface area contributed by atoms with Gasteiger partial charge in [-0.05, 0) is 30.7 Å². The number of aromatic amines is 1. The molecule has 0 radical (unpaired) electrons. The van der Waals surface area contributed by atoms with E-state index in [1.54, 1.807) is 19.1 Å². The van der Waals surface area contributed by atoms with Crippen molar-refractivity contribution in [3.63, 3.8) is 0 Å². The smallest absolute Gasteiger partial charge is 0.328 e. The van der Waals surface area contributed by atoms with E-state index in [2.05, 4.69) is 10.3 Å². The van der Waals surface area contributed by atoms with Crippen molar-refractivity contribution in [2.45, 2.75) is 20.0 Å². The zero-order valence-corrected chi connectivity index (χ0v) is 13.2. The molecule has 0 aliphatic heterocycles. The number of H-pyrrole nitrogens is 1. The minimum Gasteiger partial charge on any atom is -0.348 e. The lowest BCUT2D eigenvalue weighted by Crippen LogP contribution is -2.34. The number of nitrogens with one attached hydrogen (secondary N) is 2. The number of rotatable bonds is 4. The van der Waals surface area contributed by atoms with Crippen molar-refractivity contribution in [1.82, 2.24) is 14.9 Å². The van der Waals surface area contributed by atoms with E-state index in [0.717, 1.165) is 10.1 Å². The highest BCUT2D eigenvalue weighted by molar-refractivity contribution is 5.97. The maximum Gasteiger partial charge on any atom is 0.328 e. The van der Waals surface area contributed by atoms with Gasteiger partial charge in [-0.2, -0.15) is 0 Å². The Bertz CT molecular complexity index is 1000. The second-order valence-corrected chi connectivity index (χ2v) is 5.41. The molecule has 0 saturated carbocycles. The van der Waals surface area contributed by atoms with Crippen molar-refractivity contribution in [1.29, 1.82) is 0 Å². The van der Waals surface area contributed by atoms with E-state index in [0.29, 0.717) is 29.6 Å². The van der Waals surface area contributed by atoms with Gasteiger partial charge < -0.3 is 10.3 Å². The molecule has 6 nitrogen and oxygen atoms in total. The maximum absolute atomic E-state index is 12.3. The van der Waals surface area contributed by atoms with Crippen LogP contribution in [0.15, 0.2) is 58.1 Å². The highest BCUT2D eigenvalue weighted by Crippen LogP contribution is 2.09. The third kappa shape index (κ3) is 2.99. The molecule has 0 saturated heterocycles. The molecule has 2 aromatic carbocycles. The molecule has 24 heavy (non-hydrogen) atoms. The van der Waals surface area contributed by atoms with Gasteiger partial charge in [0, 0.05) is 18.7 Å². The second kappa shape index (κ2) is 6.54. The number of carbonyl (C=O) groups excluding carboxylic acids is 1. The molecule has 2 N–H and O–H groups in total. The molecule has 0 aliphatic carbocycles. The zero-order chi connectivity index (χ0) is 17.1. The first-order valence-electron chi connectivity index (χ1n) is 7.69. The summed E-state index contributed by atoms with van der Waals surface area (Å²) in [5.74, 6) is -0.263. The summed E-state index contributed by atoms with van der Waals surface area (Å²) in [5, 5.41) is 3.20. The number of hydrogen-bond acceptors (Lipinski definition) is 3. The standard InChI is InChI=1S/C18H17N3O3/c1-2-21-17(23)14-9-8-13(10-15(14)20-18(21)24)16(22)19-11-12-6-4-3-5-7-12/h3-10H,2,11H2,1H3,(H,19,22)(H,20,24). The number of aromatic nitrogens is 2. The molecule has 0 atom stereocenters. The van der Waals surface area contributed by atoms with Crippen LogP contribution < -0.4 is 16.6 Å². The topological polar surface area (TPSA) is 84.0 Å². The van der Waals surface area contributed by atoms with Crippen LogP contribution in [0.25, 0.3) is 10.9 Å². The monoisotopic (exact) mass is 323 g/mol. The number of amides is 1. The lowest BCUT2D eigenvalue weighted by Gasteiger charge is -2.07. The summed E-state index contributed by atoms with van der Waals surface area (Å²) in [5.41, 5.74) is 0.917. The van der Waals surface area contributed by atoms with E-state index in [1.165, 1.54) is 6.07 Å². The summed E-state index contributed by atoms with van der Waals surface area (Å²) in [4.78, 5) is 39.0. The average Bonchev–Trinajstić information content (AvgIpc) is 2.60. The summed E-state index contributed by atoms with van der Waals surface area (Å²) in [6.45, 7) is 2.43. The molecule has 0 unspecified atom stereocenters. The van der Waals surface area contributed by atoms with Gasteiger partial charge in [0.1, 0.15) is 0 Å². The third-order valence-electron chi connectivity index (χ3n) is 3.86. The van der Waals surface area contributed by atoms with Crippen LogP contribution in [0, 0.1) is 0 Å². The fraction of sp³-hybridized carbons (Fsp3) is 0.167. The minimum atomic E-state index is -0.475. The van der Waals surface area contributed by atoms with Crippen molar-refractivity contribution in [3.05, 3.63) is 80.5 Å². The van der Waals surface area contributed by atoms with Crippen LogP contribution in [0.1, 0.15) is 22.8 Å². The molecule has 3 rings (SSSR count). The molecule has 122 valence electrons. The second-order valence-electron chi connectivity index (χ2n) is 5.41. The molecule has 0 bridgehead atoms. The summed E-state index contributed by atoms with van der Waals surface area (Å²) in [7, 11) is 0. The Morgan fingerprint density at radius 1 is 1.12 bits per heavy atom. The van der Waals surface area contributed by atoms with E-state index in [9.17, 15) is 14.4 Å². The van der Waals surface area contributed by atoms with Gasteiger partial charge in [0.05, 0.1) is 10.9 Å². The summed E-state index contributed by atoms with van der Waals surface area (Å²) in [6, 6.07) is 14.2. The van der Waals surface area contributed by atoms with Gasteiger partial charge in [-0.25, -0.2) is 4.79 Å². The Kier molecular flexibility index (Phi) is 4.29. The van der Waals surface area contributed by atoms with E-state index < -0.39 is 5.69 Å². The number of fused-ring (bicyclic) bond motifs is 1. The predicted octanol–water partition coefficient (Wildman–Crippen LogP) is 1.64. The number of benzene rings is 2. The number of nitrogens with zero attached hydrogens (tertiary/aromatic N) is 1. The van der Waals surface area contributed by atoms with Crippen molar-refractivity contribution < 1.29 is 4.79 Å². The van der Waals surface area contributed by atoms with Crippen molar-refractivity contribution >= 4 is 16.8 Å². The van der Waals surface area contributed by atoms with Crippen molar-refractivity contribution in [2.75, 3.05) is 0 Å². The van der Waals surface area contributed by atoms with Gasteiger partial charge >= 0.3 is 5.69 Å². The van der Waals surface area contributed by atoms with Gasteiger partial charge in [-0.3, -0.25) is 14.2 Å². The SMILES string of the molecule is CCn1c(=O)[nH]c2cc(C(=O)NCc3ccccc3)ccc2c1=O. The molecular formula is C18H17N3O3. The Balaban J connectivity index is 1.89. The van der Waals surface area contributed by atoms with Gasteiger partial charge in [0.15, 0.2) is 0 Å². The van der Waals surface area contributed by atoms with Crippen LogP contribution in [-0.2, 0) is 13.1 Å². The van der Waals surface area contributed by atoms with E-state index in [1.807, 2.05) is 30.3 Å². The molecule has 6 heteroatoms. The fourth-order valence-electron chi connectivity index (χ4n) is 2.56. The van der Waals surface area contributed by atoms with Crippen LogP contribution >= 0.6 is 0 Å². The van der Waals surface area contributed by atoms with Gasteiger partial charge in [-0.1, -0.05) is 30.3 Å². The number of carbonyl (C=O) groups is 1. The van der Waals surface area contributed by atoms with E-state index in [4.69, 9.17) is 0 Å². The van der Waals surface area contributed by atoms with Crippen molar-refractivity contribution in [2.24, 2.45) is 0 Å². The Labute approximate surface area is 137 Å². The predicted molar refractivity (Wildman–Crippen MR) is 92.1 cm³/mol. The maximum atomic E-state index is 12.3. The highest BCUT2D eigenvalue weighted by atomic mass is 16.2. The lowest BCUT2D eigenvalue weighted by atomic mass is 10.1. The largest absolute Gasteiger partial charge is 0.348 e. The molecule has 1 aromatic heterocycles. The van der Waals surface area contributed by atoms with Crippen LogP contribution in [0.5, 0.6) is 0 Å². The van der Waals surface area contributed by atoms with Crippen molar-refractivity contribution in [3.8, 4) is 0 Å². The first-order chi connectivity index (χ1) is 11.6. The molecule has 0 fully saturated rings. The van der Waals surface area contributed by atoms with E-state index in [-0.39, 0.29) is 11.5 Å². The minimum absolute atomic E-state index is 0.263. The average molecular weight is 323 g/mol. The Hall–Kier alpha value is -3.15. The lowest BCUT2D eigenvalue weighted by molar-refractivity contribution is 0.0951. The third-order valence-corrected chi connectivity index (χ3v) is 3.86. The summed E-state index contributed by atoms with van der Waals surface area (Å²) in [6.07, 6.45) is 0. The first kappa shape index (κ1) is 15.7. The Morgan fingerprint density at radius 2 is 1.88 bits per heavy atom. The van der Waals surface area contributed by atoms with E-state index >= 15 is 0 Å². The summed E-state index contributed by atoms with van der Waals surface area (Å²) >= 11 is 0. The molecular weight excluding hydrogens is 306 g/mol. The normalized spacial score (nSPS) is 10.7. The molecule has 1 amide bonds. The van der Waals surface area contributed by atoms with Crippen LogP contribution in [-0.4, -0.2) is 15.5 Å². The van der Waals surface area contributed by atoms with Crippen LogP contribution in [0.3, 0.4) is 0 Å². The first-order valence-corrected chi connectivity index (χ1v) is 7.69.